The summed E-state index contributed by atoms with van der Waals surface area (Å²) in [5.74, 6) is 0. The highest BCUT2D eigenvalue weighted by atomic mass is 14.6. The lowest BCUT2D eigenvalue weighted by Crippen LogP contribution is -2.21. The predicted octanol–water partition coefficient (Wildman–Crippen LogP) is 1.44. The smallest absolute Gasteiger partial charge is 0.00789 e. The third kappa shape index (κ3) is 1.34. The quantitative estimate of drug-likeness (QED) is 0.470. The van der Waals surface area contributed by atoms with Crippen LogP contribution in [0.3, 0.4) is 0 Å². The zero-order valence-corrected chi connectivity index (χ0v) is 5.35. The molecule has 0 saturated carbocycles. The van der Waals surface area contributed by atoms with Crippen LogP contribution < -0.4 is 5.73 Å². The second-order valence-corrected chi connectivity index (χ2v) is 2.59. The molecule has 0 fully saturated rings. The normalized spacial score (nSPS) is 29.8. The molecule has 1 aliphatic carbocycles. The van der Waals surface area contributed by atoms with E-state index in [0.29, 0.717) is 6.04 Å². The van der Waals surface area contributed by atoms with Crippen LogP contribution in [0, 0.1) is 0 Å². The number of nitrogens with two attached hydrogens (primary N) is 1. The van der Waals surface area contributed by atoms with Crippen molar-refractivity contribution in [3.8, 4) is 0 Å². The van der Waals surface area contributed by atoms with E-state index < -0.39 is 0 Å². The van der Waals surface area contributed by atoms with E-state index in [1.165, 1.54) is 18.4 Å². The molecule has 0 radical (unpaired) electrons. The van der Waals surface area contributed by atoms with Crippen molar-refractivity contribution in [3.05, 3.63) is 11.6 Å². The number of hydrogen-bond donors (Lipinski definition) is 1. The van der Waals surface area contributed by atoms with E-state index in [4.69, 9.17) is 5.73 Å². The molecule has 1 nitrogen and oxygen atoms in total. The molecule has 0 aromatic carbocycles. The van der Waals surface area contributed by atoms with Crippen LogP contribution in [-0.2, 0) is 0 Å². The van der Waals surface area contributed by atoms with Crippen molar-refractivity contribution in [2.45, 2.75) is 32.2 Å². The Hall–Kier alpha value is -0.300. The molecule has 0 aromatic rings. The third-order valence-corrected chi connectivity index (χ3v) is 1.61. The van der Waals surface area contributed by atoms with Gasteiger partial charge in [-0.05, 0) is 26.2 Å². The summed E-state index contributed by atoms with van der Waals surface area (Å²) in [5, 5.41) is 0. The Morgan fingerprint density at radius 1 is 1.75 bits per heavy atom. The lowest BCUT2D eigenvalue weighted by atomic mass is 9.97. The summed E-state index contributed by atoms with van der Waals surface area (Å²) in [7, 11) is 0. The van der Waals surface area contributed by atoms with Crippen LogP contribution in [-0.4, -0.2) is 6.04 Å². The van der Waals surface area contributed by atoms with Gasteiger partial charge in [0, 0.05) is 6.04 Å². The van der Waals surface area contributed by atoms with E-state index in [2.05, 4.69) is 13.0 Å². The van der Waals surface area contributed by atoms with E-state index >= 15 is 0 Å². The minimum absolute atomic E-state index is 0.444. The molecule has 2 N–H and O–H groups in total. The molecule has 0 aromatic heterocycles. The van der Waals surface area contributed by atoms with Crippen molar-refractivity contribution in [2.75, 3.05) is 0 Å². The van der Waals surface area contributed by atoms with Crippen molar-refractivity contribution in [2.24, 2.45) is 5.73 Å². The molecule has 0 bridgehead atoms. The van der Waals surface area contributed by atoms with Gasteiger partial charge in [-0.1, -0.05) is 11.6 Å². The van der Waals surface area contributed by atoms with Crippen LogP contribution in [0.25, 0.3) is 0 Å². The summed E-state index contributed by atoms with van der Waals surface area (Å²) in [5.41, 5.74) is 7.15. The Morgan fingerprint density at radius 3 is 2.88 bits per heavy atom. The molecule has 8 heavy (non-hydrogen) atoms. The van der Waals surface area contributed by atoms with E-state index in [9.17, 15) is 0 Å². The first-order valence-corrected chi connectivity index (χ1v) is 3.20. The Morgan fingerprint density at radius 2 is 2.50 bits per heavy atom. The molecule has 46 valence electrons. The summed E-state index contributed by atoms with van der Waals surface area (Å²) >= 11 is 0. The molecule has 1 atom stereocenters. The lowest BCUT2D eigenvalue weighted by molar-refractivity contribution is 0.587. The van der Waals surface area contributed by atoms with E-state index in [0.717, 1.165) is 6.42 Å². The summed E-state index contributed by atoms with van der Waals surface area (Å²) in [6, 6.07) is 0.444. The fourth-order valence-corrected chi connectivity index (χ4v) is 1.14. The second-order valence-electron chi connectivity index (χ2n) is 2.59. The third-order valence-electron chi connectivity index (χ3n) is 1.61. The molecule has 0 amide bonds. The fraction of sp³-hybridized carbons (Fsp3) is 0.714. The summed E-state index contributed by atoms with van der Waals surface area (Å²) in [6.07, 6.45) is 5.76. The van der Waals surface area contributed by atoms with Crippen molar-refractivity contribution in [1.82, 2.24) is 0 Å². The highest BCUT2D eigenvalue weighted by Crippen LogP contribution is 2.14. The van der Waals surface area contributed by atoms with Crippen molar-refractivity contribution >= 4 is 0 Å². The minimum atomic E-state index is 0.444. The molecule has 0 heterocycles. The van der Waals surface area contributed by atoms with Gasteiger partial charge in [0.15, 0.2) is 0 Å². The van der Waals surface area contributed by atoms with Gasteiger partial charge in [-0.3, -0.25) is 0 Å². The summed E-state index contributed by atoms with van der Waals surface area (Å²) in [4.78, 5) is 0. The molecular weight excluding hydrogens is 98.1 g/mol. The fourth-order valence-electron chi connectivity index (χ4n) is 1.14. The average Bonchev–Trinajstić information content (AvgIpc) is 1.64. The highest BCUT2D eigenvalue weighted by Gasteiger charge is 2.06. The van der Waals surface area contributed by atoms with E-state index in [1.54, 1.807) is 0 Å². The summed E-state index contributed by atoms with van der Waals surface area (Å²) < 4.78 is 0. The van der Waals surface area contributed by atoms with E-state index in [-0.39, 0.29) is 0 Å². The Bertz CT molecular complexity index is 105. The molecule has 0 saturated heterocycles. The molecule has 0 aliphatic heterocycles. The summed E-state index contributed by atoms with van der Waals surface area (Å²) in [6.45, 7) is 2.15. The number of rotatable bonds is 0. The van der Waals surface area contributed by atoms with Crippen molar-refractivity contribution in [3.63, 3.8) is 0 Å². The molecular formula is C7H13N. The van der Waals surface area contributed by atoms with Crippen LogP contribution in [0.5, 0.6) is 0 Å². The van der Waals surface area contributed by atoms with Crippen LogP contribution in [0.1, 0.15) is 26.2 Å². The SMILES string of the molecule is CC1=CCC[C@H](N)C1. The minimum Gasteiger partial charge on any atom is -0.327 e. The van der Waals surface area contributed by atoms with Gasteiger partial charge in [0.1, 0.15) is 0 Å². The second kappa shape index (κ2) is 2.31. The largest absolute Gasteiger partial charge is 0.327 e. The molecule has 1 heteroatoms. The molecule has 0 unspecified atom stereocenters. The number of hydrogen-bond acceptors (Lipinski definition) is 1. The van der Waals surface area contributed by atoms with Gasteiger partial charge in [0.05, 0.1) is 0 Å². The van der Waals surface area contributed by atoms with Gasteiger partial charge in [-0.2, -0.15) is 0 Å². The van der Waals surface area contributed by atoms with Crippen LogP contribution in [0.2, 0.25) is 0 Å². The molecule has 1 rings (SSSR count). The topological polar surface area (TPSA) is 26.0 Å². The standard InChI is InChI=1S/C7H13N/c1-6-3-2-4-7(8)5-6/h3,7H,2,4-5,8H2,1H3/t7-/m0/s1. The predicted molar refractivity (Wildman–Crippen MR) is 35.6 cm³/mol. The molecule has 0 spiro atoms. The molecule has 1 aliphatic rings. The van der Waals surface area contributed by atoms with Gasteiger partial charge >= 0.3 is 0 Å². The van der Waals surface area contributed by atoms with Crippen LogP contribution in [0.15, 0.2) is 11.6 Å². The Labute approximate surface area is 50.6 Å². The zero-order valence-electron chi connectivity index (χ0n) is 5.35. The Kier molecular flexibility index (Phi) is 1.69. The maximum atomic E-state index is 5.68. The first-order valence-electron chi connectivity index (χ1n) is 3.20. The van der Waals surface area contributed by atoms with Gasteiger partial charge in [-0.15, -0.1) is 0 Å². The van der Waals surface area contributed by atoms with Crippen LogP contribution >= 0.6 is 0 Å². The number of allylic oxidation sites excluding steroid dienone is 1. The zero-order chi connectivity index (χ0) is 5.98. The van der Waals surface area contributed by atoms with Gasteiger partial charge < -0.3 is 5.73 Å². The van der Waals surface area contributed by atoms with E-state index in [1.807, 2.05) is 0 Å². The first-order chi connectivity index (χ1) is 3.79. The van der Waals surface area contributed by atoms with Gasteiger partial charge in [0.25, 0.3) is 0 Å². The lowest BCUT2D eigenvalue weighted by Gasteiger charge is -2.15. The van der Waals surface area contributed by atoms with Gasteiger partial charge in [-0.25, -0.2) is 0 Å². The average molecular weight is 111 g/mol. The monoisotopic (exact) mass is 111 g/mol. The Balaban J connectivity index is 2.45. The maximum absolute atomic E-state index is 5.68. The van der Waals surface area contributed by atoms with Crippen LogP contribution in [0.4, 0.5) is 0 Å². The van der Waals surface area contributed by atoms with Gasteiger partial charge in [0.2, 0.25) is 0 Å². The maximum Gasteiger partial charge on any atom is 0.00789 e. The highest BCUT2D eigenvalue weighted by molar-refractivity contribution is 5.04. The van der Waals surface area contributed by atoms with Crippen molar-refractivity contribution in [1.29, 1.82) is 0 Å². The van der Waals surface area contributed by atoms with Crippen molar-refractivity contribution < 1.29 is 0 Å². The first kappa shape index (κ1) is 5.83.